The average Bonchev–Trinajstić information content (AvgIpc) is 2.35. The van der Waals surface area contributed by atoms with E-state index in [1.807, 2.05) is 13.0 Å². The fraction of sp³-hybridized carbons (Fsp3) is 0.533. The van der Waals surface area contributed by atoms with Crippen LogP contribution in [0.3, 0.4) is 0 Å². The summed E-state index contributed by atoms with van der Waals surface area (Å²) in [5, 5.41) is 21.3. The third-order valence-corrected chi connectivity index (χ3v) is 3.17. The maximum absolute atomic E-state index is 11.2. The van der Waals surface area contributed by atoms with Crippen molar-refractivity contribution in [3.8, 4) is 0 Å². The lowest BCUT2D eigenvalue weighted by molar-refractivity contribution is 0.0697. The monoisotopic (exact) mass is 265 g/mol. The third-order valence-electron chi connectivity index (χ3n) is 3.17. The van der Waals surface area contributed by atoms with Gasteiger partial charge in [0, 0.05) is 18.8 Å². The van der Waals surface area contributed by atoms with Crippen molar-refractivity contribution < 1.29 is 15.0 Å². The lowest BCUT2D eigenvalue weighted by Crippen LogP contribution is -2.24. The summed E-state index contributed by atoms with van der Waals surface area (Å²) < 4.78 is 0. The predicted octanol–water partition coefficient (Wildman–Crippen LogP) is 2.90. The number of anilines is 1. The quantitative estimate of drug-likeness (QED) is 0.709. The SMILES string of the molecule is Cc1ccc(NCC(C)(C)CCCO)c(C(=O)O)c1. The van der Waals surface area contributed by atoms with Crippen molar-refractivity contribution in [2.75, 3.05) is 18.5 Å². The molecule has 1 aromatic carbocycles. The van der Waals surface area contributed by atoms with Crippen LogP contribution in [0, 0.1) is 12.3 Å². The van der Waals surface area contributed by atoms with E-state index in [1.165, 1.54) is 0 Å². The summed E-state index contributed by atoms with van der Waals surface area (Å²) in [5.41, 5.74) is 1.90. The Kier molecular flexibility index (Phi) is 5.36. The number of rotatable bonds is 7. The summed E-state index contributed by atoms with van der Waals surface area (Å²) in [6.07, 6.45) is 1.65. The van der Waals surface area contributed by atoms with E-state index in [0.717, 1.165) is 18.4 Å². The van der Waals surface area contributed by atoms with Crippen LogP contribution in [-0.4, -0.2) is 29.3 Å². The topological polar surface area (TPSA) is 69.6 Å². The van der Waals surface area contributed by atoms with Gasteiger partial charge in [0.2, 0.25) is 0 Å². The summed E-state index contributed by atoms with van der Waals surface area (Å²) in [6, 6.07) is 5.38. The molecule has 0 fully saturated rings. The molecule has 0 saturated carbocycles. The molecule has 3 N–H and O–H groups in total. The van der Waals surface area contributed by atoms with Crippen LogP contribution in [-0.2, 0) is 0 Å². The fourth-order valence-electron chi connectivity index (χ4n) is 1.97. The Balaban J connectivity index is 2.75. The molecule has 0 aromatic heterocycles. The smallest absolute Gasteiger partial charge is 0.337 e. The van der Waals surface area contributed by atoms with Crippen LogP contribution in [0.2, 0.25) is 0 Å². The first-order valence-corrected chi connectivity index (χ1v) is 6.54. The first kappa shape index (κ1) is 15.5. The van der Waals surface area contributed by atoms with Gasteiger partial charge in [0.05, 0.1) is 5.56 Å². The summed E-state index contributed by atoms with van der Waals surface area (Å²) in [5.74, 6) is -0.917. The highest BCUT2D eigenvalue weighted by Gasteiger charge is 2.18. The van der Waals surface area contributed by atoms with E-state index in [-0.39, 0.29) is 12.0 Å². The number of aryl methyl sites for hydroxylation is 1. The highest BCUT2D eigenvalue weighted by Crippen LogP contribution is 2.24. The number of benzene rings is 1. The summed E-state index contributed by atoms with van der Waals surface area (Å²) in [6.45, 7) is 6.95. The minimum Gasteiger partial charge on any atom is -0.478 e. The van der Waals surface area contributed by atoms with Crippen molar-refractivity contribution in [2.24, 2.45) is 5.41 Å². The van der Waals surface area contributed by atoms with Crippen molar-refractivity contribution in [3.05, 3.63) is 29.3 Å². The standard InChI is InChI=1S/C15H23NO3/c1-11-5-6-13(12(9-11)14(18)19)16-10-15(2,3)7-4-8-17/h5-6,9,16-17H,4,7-8,10H2,1-3H3,(H,18,19). The van der Waals surface area contributed by atoms with Crippen molar-refractivity contribution >= 4 is 11.7 Å². The van der Waals surface area contributed by atoms with Crippen molar-refractivity contribution in [1.29, 1.82) is 0 Å². The minimum atomic E-state index is -0.917. The molecule has 106 valence electrons. The highest BCUT2D eigenvalue weighted by atomic mass is 16.4. The zero-order valence-corrected chi connectivity index (χ0v) is 11.9. The fourth-order valence-corrected chi connectivity index (χ4v) is 1.97. The number of carboxylic acid groups (broad SMARTS) is 1. The predicted molar refractivity (Wildman–Crippen MR) is 76.7 cm³/mol. The first-order chi connectivity index (χ1) is 8.85. The largest absolute Gasteiger partial charge is 0.478 e. The van der Waals surface area contributed by atoms with Crippen molar-refractivity contribution in [1.82, 2.24) is 0 Å². The second-order valence-corrected chi connectivity index (χ2v) is 5.70. The van der Waals surface area contributed by atoms with E-state index in [1.54, 1.807) is 12.1 Å². The Labute approximate surface area is 114 Å². The molecule has 1 aromatic rings. The molecule has 0 aliphatic carbocycles. The van der Waals surface area contributed by atoms with Gasteiger partial charge in [-0.25, -0.2) is 4.79 Å². The second kappa shape index (κ2) is 6.57. The normalized spacial score (nSPS) is 11.4. The zero-order valence-electron chi connectivity index (χ0n) is 11.9. The van der Waals surface area contributed by atoms with Crippen LogP contribution in [0.5, 0.6) is 0 Å². The van der Waals surface area contributed by atoms with E-state index in [2.05, 4.69) is 19.2 Å². The number of carboxylic acids is 1. The molecule has 0 atom stereocenters. The van der Waals surface area contributed by atoms with E-state index < -0.39 is 5.97 Å². The Hall–Kier alpha value is -1.55. The van der Waals surface area contributed by atoms with E-state index in [0.29, 0.717) is 17.8 Å². The molecule has 0 aliphatic rings. The lowest BCUT2D eigenvalue weighted by atomic mass is 9.87. The molecular weight excluding hydrogens is 242 g/mol. The third kappa shape index (κ3) is 4.91. The van der Waals surface area contributed by atoms with Gasteiger partial charge >= 0.3 is 5.97 Å². The van der Waals surface area contributed by atoms with Crippen LogP contribution in [0.25, 0.3) is 0 Å². The molecule has 4 nitrogen and oxygen atoms in total. The van der Waals surface area contributed by atoms with E-state index in [9.17, 15) is 9.90 Å². The number of carbonyl (C=O) groups is 1. The number of nitrogens with one attached hydrogen (secondary N) is 1. The molecule has 0 aliphatic heterocycles. The van der Waals surface area contributed by atoms with Crippen LogP contribution in [0.4, 0.5) is 5.69 Å². The van der Waals surface area contributed by atoms with Gasteiger partial charge in [-0.1, -0.05) is 25.5 Å². The minimum absolute atomic E-state index is 0.0173. The number of aromatic carboxylic acids is 1. The molecule has 0 bridgehead atoms. The molecule has 0 radical (unpaired) electrons. The van der Waals surface area contributed by atoms with Gasteiger partial charge in [0.1, 0.15) is 0 Å². The van der Waals surface area contributed by atoms with Crippen LogP contribution in [0.15, 0.2) is 18.2 Å². The lowest BCUT2D eigenvalue weighted by Gasteiger charge is -2.25. The van der Waals surface area contributed by atoms with Crippen molar-refractivity contribution in [3.63, 3.8) is 0 Å². The molecule has 0 amide bonds. The number of aliphatic hydroxyl groups is 1. The first-order valence-electron chi connectivity index (χ1n) is 6.54. The van der Waals surface area contributed by atoms with Gasteiger partial charge in [-0.15, -0.1) is 0 Å². The van der Waals surface area contributed by atoms with Crippen LogP contribution < -0.4 is 5.32 Å². The van der Waals surface area contributed by atoms with Crippen LogP contribution in [0.1, 0.15) is 42.6 Å². The zero-order chi connectivity index (χ0) is 14.5. The van der Waals surface area contributed by atoms with E-state index in [4.69, 9.17) is 5.11 Å². The second-order valence-electron chi connectivity index (χ2n) is 5.70. The maximum Gasteiger partial charge on any atom is 0.337 e. The van der Waals surface area contributed by atoms with Gasteiger partial charge in [0.15, 0.2) is 0 Å². The van der Waals surface area contributed by atoms with Gasteiger partial charge in [-0.3, -0.25) is 0 Å². The Bertz CT molecular complexity index is 441. The molecule has 19 heavy (non-hydrogen) atoms. The van der Waals surface area contributed by atoms with Gasteiger partial charge in [0.25, 0.3) is 0 Å². The number of hydrogen-bond acceptors (Lipinski definition) is 3. The summed E-state index contributed by atoms with van der Waals surface area (Å²) in [4.78, 5) is 11.2. The summed E-state index contributed by atoms with van der Waals surface area (Å²) >= 11 is 0. The molecular formula is C15H23NO3. The Morgan fingerprint density at radius 1 is 1.37 bits per heavy atom. The summed E-state index contributed by atoms with van der Waals surface area (Å²) in [7, 11) is 0. The molecule has 1 rings (SSSR count). The Morgan fingerprint density at radius 2 is 2.05 bits per heavy atom. The van der Waals surface area contributed by atoms with Gasteiger partial charge in [-0.2, -0.15) is 0 Å². The maximum atomic E-state index is 11.2. The van der Waals surface area contributed by atoms with Gasteiger partial charge in [-0.05, 0) is 37.3 Å². The average molecular weight is 265 g/mol. The molecule has 0 spiro atoms. The molecule has 0 heterocycles. The molecule has 0 saturated heterocycles. The number of aliphatic hydroxyl groups excluding tert-OH is 1. The Morgan fingerprint density at radius 3 is 2.63 bits per heavy atom. The van der Waals surface area contributed by atoms with Crippen molar-refractivity contribution in [2.45, 2.75) is 33.6 Å². The highest BCUT2D eigenvalue weighted by molar-refractivity contribution is 5.94. The van der Waals surface area contributed by atoms with Crippen LogP contribution >= 0.6 is 0 Å². The molecule has 4 heteroatoms. The molecule has 0 unspecified atom stereocenters. The van der Waals surface area contributed by atoms with E-state index >= 15 is 0 Å². The number of hydrogen-bond donors (Lipinski definition) is 3. The van der Waals surface area contributed by atoms with Gasteiger partial charge < -0.3 is 15.5 Å².